The number of fused-ring (bicyclic) bond motifs is 3. The van der Waals surface area contributed by atoms with Crippen molar-refractivity contribution >= 4 is 17.6 Å². The highest BCUT2D eigenvalue weighted by molar-refractivity contribution is 6.08. The maximum absolute atomic E-state index is 15.3. The van der Waals surface area contributed by atoms with E-state index >= 15 is 4.39 Å². The van der Waals surface area contributed by atoms with Gasteiger partial charge in [0.15, 0.2) is 0 Å². The van der Waals surface area contributed by atoms with Crippen LogP contribution in [-0.2, 0) is 16.1 Å². The predicted octanol–water partition coefficient (Wildman–Crippen LogP) is 4.75. The molecule has 3 aromatic carbocycles. The summed E-state index contributed by atoms with van der Waals surface area (Å²) in [6, 6.07) is 15.5. The number of halogens is 1. The van der Waals surface area contributed by atoms with Crippen LogP contribution in [0.5, 0.6) is 0 Å². The third-order valence-corrected chi connectivity index (χ3v) is 7.02. The molecule has 3 heterocycles. The first kappa shape index (κ1) is 24.0. The van der Waals surface area contributed by atoms with Gasteiger partial charge in [0.25, 0.3) is 11.8 Å². The number of nitrogens with one attached hydrogen (secondary N) is 1. The van der Waals surface area contributed by atoms with Gasteiger partial charge in [-0.1, -0.05) is 41.6 Å². The highest BCUT2D eigenvalue weighted by Crippen LogP contribution is 2.44. The molecular weight excluding hydrogens is 491 g/mol. The van der Waals surface area contributed by atoms with E-state index in [1.165, 1.54) is 25.3 Å². The lowest BCUT2D eigenvalue weighted by Crippen LogP contribution is -2.54. The summed E-state index contributed by atoms with van der Waals surface area (Å²) in [4.78, 5) is 30.7. The molecule has 4 aromatic rings. The molecule has 0 unspecified atom stereocenters. The minimum Gasteiger partial charge on any atom is -0.480 e. The van der Waals surface area contributed by atoms with Gasteiger partial charge in [-0.2, -0.15) is 4.98 Å². The van der Waals surface area contributed by atoms with Gasteiger partial charge in [0.1, 0.15) is 11.4 Å². The zero-order valence-electron chi connectivity index (χ0n) is 20.6. The third-order valence-electron chi connectivity index (χ3n) is 7.02. The lowest BCUT2D eigenvalue weighted by molar-refractivity contribution is -0.140. The molecule has 192 valence electrons. The number of aromatic nitrogens is 2. The van der Waals surface area contributed by atoms with Crippen LogP contribution in [-0.4, -0.2) is 39.8 Å². The lowest BCUT2D eigenvalue weighted by Gasteiger charge is -2.32. The SMILES string of the molecule is COCc1cc(-c2ccccc2)c2c(C)c1N(NC1(C(=O)O)CC1)C(=O)c1ccc(cc1F)-c1noc-2n1. The van der Waals surface area contributed by atoms with E-state index in [2.05, 4.69) is 15.6 Å². The van der Waals surface area contributed by atoms with E-state index in [1.807, 2.05) is 36.4 Å². The third kappa shape index (κ3) is 3.77. The molecule has 10 heteroatoms. The first-order valence-corrected chi connectivity index (χ1v) is 12.0. The van der Waals surface area contributed by atoms with Crippen LogP contribution in [0.15, 0.2) is 59.1 Å². The van der Waals surface area contributed by atoms with Crippen LogP contribution in [0.4, 0.5) is 10.1 Å². The van der Waals surface area contributed by atoms with Gasteiger partial charge in [0.05, 0.1) is 23.4 Å². The quantitative estimate of drug-likeness (QED) is 0.379. The Bertz CT molecular complexity index is 1600. The van der Waals surface area contributed by atoms with E-state index in [4.69, 9.17) is 9.26 Å². The van der Waals surface area contributed by atoms with Crippen molar-refractivity contribution in [3.05, 3.63) is 77.1 Å². The molecule has 0 saturated heterocycles. The summed E-state index contributed by atoms with van der Waals surface area (Å²) >= 11 is 0. The average Bonchev–Trinajstić information content (AvgIpc) is 3.55. The van der Waals surface area contributed by atoms with Gasteiger partial charge in [-0.25, -0.2) is 14.8 Å². The van der Waals surface area contributed by atoms with Crippen molar-refractivity contribution in [2.45, 2.75) is 31.9 Å². The second-order valence-electron chi connectivity index (χ2n) is 9.49. The Morgan fingerprint density at radius 2 is 1.92 bits per heavy atom. The number of rotatable bonds is 6. The number of hydrogen-bond donors (Lipinski definition) is 2. The number of nitrogens with zero attached hydrogens (tertiary/aromatic N) is 3. The van der Waals surface area contributed by atoms with Crippen LogP contribution in [0.3, 0.4) is 0 Å². The fourth-order valence-electron chi connectivity index (χ4n) is 4.88. The maximum atomic E-state index is 15.3. The molecule has 0 atom stereocenters. The second-order valence-corrected chi connectivity index (χ2v) is 9.49. The van der Waals surface area contributed by atoms with E-state index in [0.717, 1.165) is 16.1 Å². The molecule has 0 radical (unpaired) electrons. The largest absolute Gasteiger partial charge is 0.480 e. The van der Waals surface area contributed by atoms with Crippen molar-refractivity contribution in [1.29, 1.82) is 0 Å². The van der Waals surface area contributed by atoms with Gasteiger partial charge >= 0.3 is 5.97 Å². The highest BCUT2D eigenvalue weighted by atomic mass is 19.1. The topological polar surface area (TPSA) is 118 Å². The predicted molar refractivity (Wildman–Crippen MR) is 136 cm³/mol. The number of carboxylic acids is 1. The van der Waals surface area contributed by atoms with Crippen LogP contribution >= 0.6 is 0 Å². The number of hydrogen-bond acceptors (Lipinski definition) is 7. The summed E-state index contributed by atoms with van der Waals surface area (Å²) in [5.74, 6) is -2.27. The summed E-state index contributed by atoms with van der Waals surface area (Å²) in [7, 11) is 1.52. The summed E-state index contributed by atoms with van der Waals surface area (Å²) in [6.07, 6.45) is 0.627. The van der Waals surface area contributed by atoms with Gasteiger partial charge in [0, 0.05) is 18.2 Å². The van der Waals surface area contributed by atoms with E-state index < -0.39 is 23.2 Å². The molecule has 1 aromatic heterocycles. The van der Waals surface area contributed by atoms with E-state index in [0.29, 0.717) is 40.8 Å². The van der Waals surface area contributed by atoms with Crippen molar-refractivity contribution in [2.75, 3.05) is 12.1 Å². The Labute approximate surface area is 216 Å². The van der Waals surface area contributed by atoms with Crippen molar-refractivity contribution in [3.8, 4) is 34.0 Å². The number of aliphatic carboxylic acids is 1. The van der Waals surface area contributed by atoms with E-state index in [9.17, 15) is 14.7 Å². The molecule has 1 amide bonds. The molecule has 1 saturated carbocycles. The van der Waals surface area contributed by atoms with Crippen LogP contribution in [0.2, 0.25) is 0 Å². The maximum Gasteiger partial charge on any atom is 0.325 e. The summed E-state index contributed by atoms with van der Waals surface area (Å²) in [5.41, 5.74) is 5.36. The van der Waals surface area contributed by atoms with Gasteiger partial charge in [-0.15, -0.1) is 0 Å². The molecule has 1 aliphatic carbocycles. The highest BCUT2D eigenvalue weighted by Gasteiger charge is 2.53. The fraction of sp³-hybridized carbons (Fsp3) is 0.214. The number of carboxylic acid groups (broad SMARTS) is 1. The molecule has 0 spiro atoms. The molecule has 2 aliphatic heterocycles. The smallest absolute Gasteiger partial charge is 0.325 e. The standard InChI is InChI=1S/C28H23FN4O5/c1-15-22-20(16-6-4-3-5-7-16)12-18(14-37-2)23(15)33(32-28(10-11-28)27(35)36)26(34)19-9-8-17(13-21(19)29)24-30-25(22)38-31-24/h3-9,12-13,32H,10-11,14H2,1-2H3,(H,35,36). The fourth-order valence-corrected chi connectivity index (χ4v) is 4.88. The number of benzene rings is 3. The van der Waals surface area contributed by atoms with Crippen molar-refractivity contribution in [1.82, 2.24) is 15.6 Å². The van der Waals surface area contributed by atoms with Crippen molar-refractivity contribution in [2.24, 2.45) is 0 Å². The Hall–Kier alpha value is -4.41. The van der Waals surface area contributed by atoms with Crippen molar-refractivity contribution < 1.29 is 28.3 Å². The Kier molecular flexibility index (Phi) is 5.59. The number of hydrazine groups is 1. The van der Waals surface area contributed by atoms with Crippen LogP contribution in [0.25, 0.3) is 34.0 Å². The number of carbonyl (C=O) groups is 2. The Morgan fingerprint density at radius 3 is 2.58 bits per heavy atom. The first-order chi connectivity index (χ1) is 18.3. The number of anilines is 1. The molecule has 7 rings (SSSR count). The van der Waals surface area contributed by atoms with Gasteiger partial charge in [-0.3, -0.25) is 9.59 Å². The number of amides is 1. The molecular formula is C28H23FN4O5. The Balaban J connectivity index is 1.70. The summed E-state index contributed by atoms with van der Waals surface area (Å²) in [6.45, 7) is 1.88. The Morgan fingerprint density at radius 1 is 1.16 bits per heavy atom. The number of methoxy groups -OCH3 is 1. The monoisotopic (exact) mass is 514 g/mol. The van der Waals surface area contributed by atoms with Crippen LogP contribution in [0.1, 0.15) is 34.3 Å². The summed E-state index contributed by atoms with van der Waals surface area (Å²) < 4.78 is 26.5. The second kappa shape index (κ2) is 8.86. The molecule has 6 bridgehead atoms. The lowest BCUT2D eigenvalue weighted by atomic mass is 9.91. The first-order valence-electron chi connectivity index (χ1n) is 12.0. The molecule has 38 heavy (non-hydrogen) atoms. The van der Waals surface area contributed by atoms with Gasteiger partial charge in [-0.05, 0) is 54.7 Å². The average molecular weight is 515 g/mol. The van der Waals surface area contributed by atoms with Gasteiger partial charge < -0.3 is 14.4 Å². The number of carbonyl (C=O) groups excluding carboxylic acids is 1. The molecule has 9 nitrogen and oxygen atoms in total. The molecule has 2 N–H and O–H groups in total. The molecule has 1 fully saturated rings. The minimum atomic E-state index is -1.35. The normalized spacial score (nSPS) is 15.2. The minimum absolute atomic E-state index is 0.0956. The van der Waals surface area contributed by atoms with Crippen LogP contribution in [0, 0.1) is 12.7 Å². The summed E-state index contributed by atoms with van der Waals surface area (Å²) in [5, 5.41) is 15.1. The van der Waals surface area contributed by atoms with E-state index in [1.54, 1.807) is 6.92 Å². The number of ether oxygens (including phenoxy) is 1. The van der Waals surface area contributed by atoms with Crippen molar-refractivity contribution in [3.63, 3.8) is 0 Å². The zero-order chi connectivity index (χ0) is 26.6. The van der Waals surface area contributed by atoms with E-state index in [-0.39, 0.29) is 23.9 Å². The van der Waals surface area contributed by atoms with Crippen LogP contribution < -0.4 is 10.4 Å². The molecule has 3 aliphatic rings. The zero-order valence-corrected chi connectivity index (χ0v) is 20.6. The van der Waals surface area contributed by atoms with Gasteiger partial charge in [0.2, 0.25) is 5.82 Å².